The molecule has 0 aromatic heterocycles. The first-order valence-electron chi connectivity index (χ1n) is 39.1. The summed E-state index contributed by atoms with van der Waals surface area (Å²) in [6.07, 6.45) is 6.36. The van der Waals surface area contributed by atoms with Gasteiger partial charge in [-0.25, -0.2) is 0 Å². The molecule has 0 spiro atoms. The van der Waals surface area contributed by atoms with Crippen LogP contribution in [0.5, 0.6) is 0 Å². The molecule has 4 aliphatic heterocycles. The van der Waals surface area contributed by atoms with E-state index < -0.39 is 0 Å². The van der Waals surface area contributed by atoms with E-state index in [1.165, 1.54) is 231 Å². The number of hydrogen-bond acceptors (Lipinski definition) is 3. The maximum atomic E-state index is 2.97. The van der Waals surface area contributed by atoms with E-state index >= 15 is 0 Å². The van der Waals surface area contributed by atoms with Crippen molar-refractivity contribution in [1.29, 1.82) is 0 Å². The molecule has 4 bridgehead atoms. The van der Waals surface area contributed by atoms with Crippen LogP contribution < -0.4 is 31.1 Å². The predicted octanol–water partition coefficient (Wildman–Crippen LogP) is 25.9. The van der Waals surface area contributed by atoms with Crippen molar-refractivity contribution in [2.75, 3.05) is 14.7 Å². The molecule has 17 aromatic rings. The maximum absolute atomic E-state index is 2.97. The molecular formula is C103H82BN3. The molecule has 0 unspecified atom stereocenters. The number of anilines is 7. The Morgan fingerprint density at radius 1 is 0.271 bits per heavy atom. The molecule has 2 saturated carbocycles. The molecule has 2 saturated heterocycles. The highest BCUT2D eigenvalue weighted by atomic mass is 15.2. The number of para-hydroxylation sites is 2. The zero-order chi connectivity index (χ0) is 71.3. The van der Waals surface area contributed by atoms with Crippen LogP contribution in [0.15, 0.2) is 303 Å². The fourth-order valence-corrected chi connectivity index (χ4v) is 20.8. The van der Waals surface area contributed by atoms with Crippen LogP contribution in [0.1, 0.15) is 84.8 Å². The lowest BCUT2D eigenvalue weighted by Gasteiger charge is -2.58. The molecule has 23 rings (SSSR count). The fourth-order valence-electron chi connectivity index (χ4n) is 20.8. The van der Waals surface area contributed by atoms with Gasteiger partial charge in [0.15, 0.2) is 0 Å². The van der Waals surface area contributed by atoms with Gasteiger partial charge in [0.2, 0.25) is 0 Å². The van der Waals surface area contributed by atoms with E-state index in [0.29, 0.717) is 12.1 Å². The first kappa shape index (κ1) is 62.6. The SMILES string of the molecule is CC(C)(C)c1cc2ccc3cc(-c4ccc5c(c4)N(c4c(-c6ccccc6)cccc4-c4ccccc4)c4cc(N6C7CC8CC(C7)CC6C8)cc6c4B5c4ccc(-c5cc7ccc8cc(C(C)(C)C)cc9ccc(c5)c7c89)cc4N6c4c(-c5ccccc5)cccc4-c4ccccc4)cc4ccc(c1)c2c34. The van der Waals surface area contributed by atoms with E-state index in [9.17, 15) is 0 Å². The quantitative estimate of drug-likeness (QED) is 0.105. The molecule has 2 aliphatic carbocycles. The number of piperidine rings is 2. The van der Waals surface area contributed by atoms with Crippen LogP contribution in [0.2, 0.25) is 0 Å². The van der Waals surface area contributed by atoms with Crippen molar-refractivity contribution in [1.82, 2.24) is 0 Å². The Hall–Kier alpha value is -11.7. The molecule has 107 heavy (non-hydrogen) atoms. The van der Waals surface area contributed by atoms with E-state index in [-0.39, 0.29) is 17.5 Å². The van der Waals surface area contributed by atoms with Crippen molar-refractivity contribution >= 4 is 128 Å². The average Bonchev–Trinajstić information content (AvgIpc) is 0.698. The fraction of sp³-hybridized carbons (Fsp3) is 0.165. The van der Waals surface area contributed by atoms with E-state index in [4.69, 9.17) is 0 Å². The second-order valence-electron chi connectivity index (χ2n) is 34.0. The van der Waals surface area contributed by atoms with Gasteiger partial charge >= 0.3 is 0 Å². The van der Waals surface area contributed by atoms with Crippen LogP contribution >= 0.6 is 0 Å². The summed E-state index contributed by atoms with van der Waals surface area (Å²) in [6.45, 7) is 13.8. The van der Waals surface area contributed by atoms with Crippen LogP contribution in [0.3, 0.4) is 0 Å². The molecule has 4 heteroatoms. The highest BCUT2D eigenvalue weighted by Gasteiger charge is 2.50. The molecule has 0 N–H and O–H groups in total. The van der Waals surface area contributed by atoms with Crippen molar-refractivity contribution in [3.63, 3.8) is 0 Å². The third-order valence-corrected chi connectivity index (χ3v) is 25.6. The van der Waals surface area contributed by atoms with Gasteiger partial charge in [-0.05, 0) is 240 Å². The maximum Gasteiger partial charge on any atom is 0.252 e. The van der Waals surface area contributed by atoms with Gasteiger partial charge in [0.25, 0.3) is 6.71 Å². The summed E-state index contributed by atoms with van der Waals surface area (Å²) in [4.78, 5) is 8.53. The Bertz CT molecular complexity index is 5830. The molecule has 3 nitrogen and oxygen atoms in total. The Kier molecular flexibility index (Phi) is 13.7. The third-order valence-electron chi connectivity index (χ3n) is 25.6. The van der Waals surface area contributed by atoms with Gasteiger partial charge in [-0.3, -0.25) is 0 Å². The van der Waals surface area contributed by atoms with E-state index in [2.05, 4.69) is 360 Å². The van der Waals surface area contributed by atoms with Gasteiger partial charge in [-0.15, -0.1) is 0 Å². The standard InChI is InChI=1S/C103H82BN3/c1-102(2,3)80-54-74-37-33-70-50-78(51-71-34-38-75(55-80)97(74)95(70)71)68-41-43-89-91(58-68)106(100-85(64-21-11-7-12-22-64)29-19-30-86(100)65-23-13-8-14-24-65)93-60-84(105-82-46-62-45-63(48-82)49-83(105)47-62)61-94-99(93)104(89)90-44-42-69(79-52-72-35-39-76-56-81(103(4,5)6)57-77-40-36-73(53-79)96(72)98(76)77)59-92(90)107(94)101-87(66-25-15-9-16-26-66)31-20-32-88(101)67-27-17-10-18-28-67/h7-44,50-63,82-83H,45-49H2,1-6H3. The first-order chi connectivity index (χ1) is 52.3. The van der Waals surface area contributed by atoms with Gasteiger partial charge in [0.05, 0.1) is 11.4 Å². The second-order valence-corrected chi connectivity index (χ2v) is 34.0. The van der Waals surface area contributed by atoms with Crippen molar-refractivity contribution in [2.45, 2.75) is 96.6 Å². The smallest absolute Gasteiger partial charge is 0.252 e. The topological polar surface area (TPSA) is 9.72 Å². The highest BCUT2D eigenvalue weighted by molar-refractivity contribution is 7.00. The van der Waals surface area contributed by atoms with E-state index in [1.807, 2.05) is 0 Å². The number of nitrogens with zero attached hydrogens (tertiary/aromatic N) is 3. The lowest BCUT2D eigenvalue weighted by atomic mass is 9.33. The van der Waals surface area contributed by atoms with Gasteiger partial charge in [0, 0.05) is 62.8 Å². The molecule has 512 valence electrons. The lowest BCUT2D eigenvalue weighted by Crippen LogP contribution is -2.62. The summed E-state index contributed by atoms with van der Waals surface area (Å²) in [5.41, 5.74) is 29.5. The summed E-state index contributed by atoms with van der Waals surface area (Å²) >= 11 is 0. The molecule has 6 aliphatic rings. The normalized spacial score (nSPS) is 17.4. The summed E-state index contributed by atoms with van der Waals surface area (Å²) in [5, 5.41) is 15.7. The second kappa shape index (κ2) is 23.4. The minimum absolute atomic E-state index is 0.0316. The zero-order valence-corrected chi connectivity index (χ0v) is 61.6. The minimum Gasteiger partial charge on any atom is -0.365 e. The molecule has 17 aromatic carbocycles. The van der Waals surface area contributed by atoms with Crippen LogP contribution in [0.25, 0.3) is 131 Å². The third kappa shape index (κ3) is 9.80. The lowest BCUT2D eigenvalue weighted by molar-refractivity contribution is 0.0900. The van der Waals surface area contributed by atoms with Gasteiger partial charge in [-0.1, -0.05) is 296 Å². The zero-order valence-electron chi connectivity index (χ0n) is 61.6. The van der Waals surface area contributed by atoms with Gasteiger partial charge in [0.1, 0.15) is 0 Å². The van der Waals surface area contributed by atoms with Crippen molar-refractivity contribution in [3.05, 3.63) is 314 Å². The van der Waals surface area contributed by atoms with Gasteiger partial charge in [-0.2, -0.15) is 0 Å². The highest BCUT2D eigenvalue weighted by Crippen LogP contribution is 2.58. The number of fused-ring (bicyclic) bond motifs is 4. The Morgan fingerprint density at radius 2 is 0.579 bits per heavy atom. The minimum atomic E-state index is -0.178. The number of rotatable bonds is 9. The van der Waals surface area contributed by atoms with Crippen LogP contribution in [-0.2, 0) is 10.8 Å². The Labute approximate surface area is 627 Å². The summed E-state index contributed by atoms with van der Waals surface area (Å²) in [5.74, 6) is 1.55. The van der Waals surface area contributed by atoms with Crippen molar-refractivity contribution in [3.8, 4) is 66.8 Å². The Balaban J connectivity index is 0.855. The van der Waals surface area contributed by atoms with Crippen LogP contribution in [0.4, 0.5) is 39.8 Å². The van der Waals surface area contributed by atoms with Crippen molar-refractivity contribution in [2.24, 2.45) is 11.8 Å². The predicted molar refractivity (Wildman–Crippen MR) is 458 cm³/mol. The van der Waals surface area contributed by atoms with E-state index in [1.54, 1.807) is 0 Å². The number of hydrogen-bond donors (Lipinski definition) is 0. The molecule has 0 radical (unpaired) electrons. The van der Waals surface area contributed by atoms with Crippen LogP contribution in [-0.4, -0.2) is 18.8 Å². The van der Waals surface area contributed by atoms with Gasteiger partial charge < -0.3 is 14.7 Å². The summed E-state index contributed by atoms with van der Waals surface area (Å²) in [6, 6.07) is 119. The Morgan fingerprint density at radius 3 is 0.888 bits per heavy atom. The number of benzene rings is 17. The molecule has 4 fully saturated rings. The molecule has 4 heterocycles. The molecule has 0 amide bonds. The largest absolute Gasteiger partial charge is 0.365 e. The average molecular weight is 1370 g/mol. The summed E-state index contributed by atoms with van der Waals surface area (Å²) in [7, 11) is 0. The van der Waals surface area contributed by atoms with E-state index in [0.717, 1.165) is 11.8 Å². The first-order valence-corrected chi connectivity index (χ1v) is 39.1. The van der Waals surface area contributed by atoms with Crippen molar-refractivity contribution < 1.29 is 0 Å². The molecular weight excluding hydrogens is 1290 g/mol. The monoisotopic (exact) mass is 1370 g/mol. The molecule has 0 atom stereocenters. The summed E-state index contributed by atoms with van der Waals surface area (Å²) < 4.78 is 0. The van der Waals surface area contributed by atoms with Crippen LogP contribution in [0, 0.1) is 11.8 Å².